The predicted molar refractivity (Wildman–Crippen MR) is 41.3 cm³/mol. The summed E-state index contributed by atoms with van der Waals surface area (Å²) in [6, 6.07) is 3.70. The van der Waals surface area contributed by atoms with Gasteiger partial charge in [-0.2, -0.15) is 0 Å². The predicted octanol–water partition coefficient (Wildman–Crippen LogP) is 1.20. The minimum atomic E-state index is 0.803. The summed E-state index contributed by atoms with van der Waals surface area (Å²) in [6.45, 7) is 1.90. The molecule has 0 radical (unpaired) electrons. The van der Waals surface area contributed by atoms with Crippen LogP contribution in [0, 0.1) is 0 Å². The number of nitrogen functional groups attached to an aromatic ring is 1. The average molecular weight is 139 g/mol. The van der Waals surface area contributed by atoms with Crippen molar-refractivity contribution in [1.29, 1.82) is 0 Å². The Morgan fingerprint density at radius 3 is 2.89 bits per heavy atom. The van der Waals surface area contributed by atoms with Gasteiger partial charge in [0.2, 0.25) is 0 Å². The SMILES string of the molecule is COc1ccc(N)bp1. The van der Waals surface area contributed by atoms with Gasteiger partial charge in [-0.1, -0.05) is 0 Å². The van der Waals surface area contributed by atoms with E-state index in [9.17, 15) is 0 Å². The van der Waals surface area contributed by atoms with Crippen LogP contribution in [0.15, 0.2) is 12.1 Å². The Balaban J connectivity index is 2.88. The number of methoxy groups -OCH3 is 1. The van der Waals surface area contributed by atoms with E-state index in [4.69, 9.17) is 10.5 Å². The number of anilines is 1. The molecule has 1 aromatic rings. The van der Waals surface area contributed by atoms with Crippen molar-refractivity contribution in [1.82, 2.24) is 0 Å². The fourth-order valence-corrected chi connectivity index (χ4v) is 1.14. The summed E-state index contributed by atoms with van der Waals surface area (Å²) in [6.07, 6.45) is 0. The van der Waals surface area contributed by atoms with Gasteiger partial charge in [0, 0.05) is 0 Å². The van der Waals surface area contributed by atoms with E-state index in [0.29, 0.717) is 0 Å². The van der Waals surface area contributed by atoms with Gasteiger partial charge >= 0.3 is 55.5 Å². The van der Waals surface area contributed by atoms with Crippen molar-refractivity contribution in [2.24, 2.45) is 0 Å². The summed E-state index contributed by atoms with van der Waals surface area (Å²) in [5.74, 6) is 0. The average Bonchev–Trinajstić information content (AvgIpc) is 1.90. The molecule has 0 saturated carbocycles. The first-order valence-corrected chi connectivity index (χ1v) is 3.55. The molecule has 1 heterocycles. The zero-order valence-electron chi connectivity index (χ0n) is 5.16. The number of rotatable bonds is 1. The van der Waals surface area contributed by atoms with E-state index >= 15 is 0 Å². The van der Waals surface area contributed by atoms with Gasteiger partial charge < -0.3 is 0 Å². The Labute approximate surface area is 56.3 Å². The summed E-state index contributed by atoms with van der Waals surface area (Å²) >= 11 is 0. The second-order valence-corrected chi connectivity index (χ2v) is 2.59. The van der Waals surface area contributed by atoms with Crippen LogP contribution in [0.4, 0.5) is 5.58 Å². The van der Waals surface area contributed by atoms with Gasteiger partial charge in [0.1, 0.15) is 0 Å². The van der Waals surface area contributed by atoms with Gasteiger partial charge in [0.25, 0.3) is 0 Å². The number of hydrogen-bond acceptors (Lipinski definition) is 2. The summed E-state index contributed by atoms with van der Waals surface area (Å²) in [4.78, 5) is 0. The first-order chi connectivity index (χ1) is 4.33. The molecule has 46 valence electrons. The van der Waals surface area contributed by atoms with Crippen molar-refractivity contribution in [2.45, 2.75) is 0 Å². The van der Waals surface area contributed by atoms with E-state index in [1.54, 1.807) is 7.11 Å². The van der Waals surface area contributed by atoms with E-state index in [0.717, 1.165) is 19.1 Å². The fourth-order valence-electron chi connectivity index (χ4n) is 0.512. The van der Waals surface area contributed by atoms with Crippen LogP contribution in [0.1, 0.15) is 0 Å². The van der Waals surface area contributed by atoms with E-state index in [1.165, 1.54) is 0 Å². The van der Waals surface area contributed by atoms with Crippen LogP contribution in [-0.2, 0) is 0 Å². The quantitative estimate of drug-likeness (QED) is 0.634. The van der Waals surface area contributed by atoms with Gasteiger partial charge in [-0.25, -0.2) is 0 Å². The standard InChI is InChI=1S/C5H7BNOP/c1-8-5-3-2-4(7)6-9-5/h2-3H,7H2,1H3. The third kappa shape index (κ3) is 1.69. The third-order valence-corrected chi connectivity index (χ3v) is 1.98. The number of nitrogens with two attached hydrogens (primary N) is 1. The zero-order valence-corrected chi connectivity index (χ0v) is 6.06. The van der Waals surface area contributed by atoms with Crippen molar-refractivity contribution in [2.75, 3.05) is 12.8 Å². The van der Waals surface area contributed by atoms with Gasteiger partial charge in [-0.3, -0.25) is 0 Å². The summed E-state index contributed by atoms with van der Waals surface area (Å²) in [7, 11) is 2.70. The number of ether oxygens (including phenoxy) is 1. The molecule has 0 aliphatic rings. The van der Waals surface area contributed by atoms with Gasteiger partial charge in [-0.05, 0) is 0 Å². The van der Waals surface area contributed by atoms with Crippen LogP contribution >= 0.6 is 8.07 Å². The molecule has 1 rings (SSSR count). The Bertz CT molecular complexity index is 189. The Kier molecular flexibility index (Phi) is 2.07. The molecule has 0 fully saturated rings. The molecule has 0 bridgehead atoms. The van der Waals surface area contributed by atoms with E-state index in [2.05, 4.69) is 0 Å². The molecule has 1 aromatic heterocycles. The first-order valence-electron chi connectivity index (χ1n) is 2.58. The van der Waals surface area contributed by atoms with Crippen molar-refractivity contribution < 1.29 is 4.74 Å². The van der Waals surface area contributed by atoms with Crippen molar-refractivity contribution >= 4 is 20.3 Å². The Hall–Kier alpha value is -0.555. The third-order valence-electron chi connectivity index (χ3n) is 0.968. The van der Waals surface area contributed by atoms with Crippen molar-refractivity contribution in [3.05, 3.63) is 12.1 Å². The molecule has 0 atom stereocenters. The molecule has 4 heteroatoms. The summed E-state index contributed by atoms with van der Waals surface area (Å²) in [5.41, 5.74) is 7.19. The van der Waals surface area contributed by atoms with E-state index in [1.807, 2.05) is 18.8 Å². The maximum absolute atomic E-state index is 5.45. The maximum atomic E-state index is 5.45. The molecule has 0 spiro atoms. The van der Waals surface area contributed by atoms with E-state index in [-0.39, 0.29) is 0 Å². The van der Waals surface area contributed by atoms with Crippen LogP contribution in [0.3, 0.4) is 0 Å². The summed E-state index contributed by atoms with van der Waals surface area (Å²) in [5, 5.41) is 0. The molecule has 0 aromatic carbocycles. The van der Waals surface area contributed by atoms with Crippen LogP contribution in [0.5, 0.6) is 5.48 Å². The Morgan fingerprint density at radius 1 is 1.67 bits per heavy atom. The van der Waals surface area contributed by atoms with Crippen LogP contribution in [-0.4, -0.2) is 13.7 Å². The second-order valence-electron chi connectivity index (χ2n) is 1.63. The molecule has 0 aliphatic carbocycles. The van der Waals surface area contributed by atoms with Gasteiger partial charge in [-0.15, -0.1) is 0 Å². The monoisotopic (exact) mass is 139 g/mol. The molecular weight excluding hydrogens is 132 g/mol. The normalized spacial score (nSPS) is 9.44. The molecule has 2 nitrogen and oxygen atoms in total. The molecule has 0 saturated heterocycles. The van der Waals surface area contributed by atoms with Crippen molar-refractivity contribution in [3.8, 4) is 5.48 Å². The topological polar surface area (TPSA) is 35.2 Å². The van der Waals surface area contributed by atoms with Gasteiger partial charge in [0.15, 0.2) is 0 Å². The van der Waals surface area contributed by atoms with Crippen LogP contribution in [0.2, 0.25) is 0 Å². The van der Waals surface area contributed by atoms with Crippen LogP contribution < -0.4 is 10.5 Å². The van der Waals surface area contributed by atoms with Crippen LogP contribution in [0.25, 0.3) is 0 Å². The van der Waals surface area contributed by atoms with Crippen molar-refractivity contribution in [3.63, 3.8) is 0 Å². The molecule has 0 unspecified atom stereocenters. The Morgan fingerprint density at radius 2 is 2.44 bits per heavy atom. The molecule has 0 aliphatic heterocycles. The molecule has 0 amide bonds. The van der Waals surface area contributed by atoms with Gasteiger partial charge in [0.05, 0.1) is 0 Å². The number of hydrogen-bond donors (Lipinski definition) is 1. The second kappa shape index (κ2) is 2.83. The van der Waals surface area contributed by atoms with E-state index < -0.39 is 0 Å². The fraction of sp³-hybridized carbons (Fsp3) is 0.200. The molecular formula is C5H7BNOP. The first kappa shape index (κ1) is 6.56. The molecule has 9 heavy (non-hydrogen) atoms. The molecule has 2 N–H and O–H groups in total. The zero-order chi connectivity index (χ0) is 6.69. The minimum absolute atomic E-state index is 0.803. The summed E-state index contributed by atoms with van der Waals surface area (Å²) < 4.78 is 4.96.